The second-order valence-corrected chi connectivity index (χ2v) is 18.8. The molecular formula is C60H80N8O2S2. The number of rotatable bonds is 0. The first-order chi connectivity index (χ1) is 33.7. The van der Waals surface area contributed by atoms with Gasteiger partial charge in [0.2, 0.25) is 0 Å². The summed E-state index contributed by atoms with van der Waals surface area (Å²) in [7, 11) is 0. The molecule has 0 saturated heterocycles. The summed E-state index contributed by atoms with van der Waals surface area (Å²) in [5.41, 5.74) is 23.0. The predicted octanol–water partition coefficient (Wildman–Crippen LogP) is 14.8. The normalized spacial score (nSPS) is 9.62. The molecule has 10 nitrogen and oxygen atoms in total. The van der Waals surface area contributed by atoms with E-state index >= 15 is 0 Å². The minimum atomic E-state index is 0.133. The van der Waals surface area contributed by atoms with Gasteiger partial charge < -0.3 is 15.1 Å². The Kier molecular flexibility index (Phi) is 28.5. The van der Waals surface area contributed by atoms with Crippen molar-refractivity contribution in [2.24, 2.45) is 0 Å². The SMILES string of the molecule is Cc1c[nH]cc(C)c1=O.Cc1c[nH]cc(C)c1=S.Cc1ccnc(C)c1C.Cc1ccnc(C)c1C.Cc1ccnc(C)c1O.Cc1ccnc(C)c1S.Cc1cncc(C)c1C.Cc1cncc(C)c1C. The molecular weight excluding hydrogens is 929 g/mol. The Morgan fingerprint density at radius 1 is 0.389 bits per heavy atom. The number of aromatic nitrogens is 8. The summed E-state index contributed by atoms with van der Waals surface area (Å²) in [5.74, 6) is 0.303. The maximum Gasteiger partial charge on any atom is 0.187 e. The second-order valence-electron chi connectivity index (χ2n) is 17.9. The van der Waals surface area contributed by atoms with E-state index in [1.165, 1.54) is 61.2 Å². The van der Waals surface area contributed by atoms with Crippen molar-refractivity contribution in [3.63, 3.8) is 0 Å². The zero-order chi connectivity index (χ0) is 54.8. The van der Waals surface area contributed by atoms with Crippen LogP contribution in [0.15, 0.2) is 108 Å². The van der Waals surface area contributed by atoms with Gasteiger partial charge in [-0.1, -0.05) is 12.2 Å². The Bertz CT molecular complexity index is 2460. The number of hydrogen-bond acceptors (Lipinski definition) is 10. The van der Waals surface area contributed by atoms with E-state index in [1.807, 2.05) is 116 Å². The minimum absolute atomic E-state index is 0.133. The van der Waals surface area contributed by atoms with Crippen molar-refractivity contribution < 1.29 is 5.11 Å². The highest BCUT2D eigenvalue weighted by atomic mass is 32.1. The fourth-order valence-corrected chi connectivity index (χ4v) is 6.16. The average Bonchev–Trinajstić information content (AvgIpc) is 3.34. The molecule has 384 valence electrons. The second kappa shape index (κ2) is 32.4. The molecule has 0 atom stereocenters. The summed E-state index contributed by atoms with van der Waals surface area (Å²) < 4.78 is 0.966. The van der Waals surface area contributed by atoms with E-state index in [2.05, 4.69) is 122 Å². The molecule has 0 bridgehead atoms. The van der Waals surface area contributed by atoms with E-state index in [0.717, 1.165) is 54.3 Å². The topological polar surface area (TPSA) is 146 Å². The molecule has 72 heavy (non-hydrogen) atoms. The van der Waals surface area contributed by atoms with Gasteiger partial charge in [-0.15, -0.1) is 12.6 Å². The number of nitrogens with one attached hydrogen (secondary N) is 2. The van der Waals surface area contributed by atoms with Crippen LogP contribution in [0.2, 0.25) is 0 Å². The van der Waals surface area contributed by atoms with Gasteiger partial charge in [0, 0.05) is 106 Å². The highest BCUT2D eigenvalue weighted by Gasteiger charge is 1.99. The lowest BCUT2D eigenvalue weighted by molar-refractivity contribution is 0.463. The van der Waals surface area contributed by atoms with Crippen molar-refractivity contribution in [3.05, 3.63) is 225 Å². The Hall–Kier alpha value is -6.63. The van der Waals surface area contributed by atoms with Crippen molar-refractivity contribution in [1.29, 1.82) is 0 Å². The summed E-state index contributed by atoms with van der Waals surface area (Å²) in [6, 6.07) is 7.79. The molecule has 0 unspecified atom stereocenters. The molecule has 8 aromatic rings. The van der Waals surface area contributed by atoms with Crippen molar-refractivity contribution in [1.82, 2.24) is 39.9 Å². The van der Waals surface area contributed by atoms with Gasteiger partial charge in [0.05, 0.1) is 11.4 Å². The maximum atomic E-state index is 10.9. The Morgan fingerprint density at radius 2 is 0.694 bits per heavy atom. The molecule has 0 radical (unpaired) electrons. The molecule has 0 aliphatic heterocycles. The third-order valence-corrected chi connectivity index (χ3v) is 13.5. The fraction of sp³-hybridized carbons (Fsp3) is 0.333. The monoisotopic (exact) mass is 1010 g/mol. The summed E-state index contributed by atoms with van der Waals surface area (Å²) in [6.07, 6.45) is 22.0. The number of pyridine rings is 8. The van der Waals surface area contributed by atoms with Crippen LogP contribution in [0.4, 0.5) is 0 Å². The zero-order valence-corrected chi connectivity index (χ0v) is 48.3. The minimum Gasteiger partial charge on any atom is -0.506 e. The molecule has 0 spiro atoms. The molecule has 0 fully saturated rings. The molecule has 0 aliphatic rings. The lowest BCUT2D eigenvalue weighted by Crippen LogP contribution is -2.07. The lowest BCUT2D eigenvalue weighted by atomic mass is 10.1. The Morgan fingerprint density at radius 3 is 0.944 bits per heavy atom. The van der Waals surface area contributed by atoms with Gasteiger partial charge in [0.25, 0.3) is 0 Å². The van der Waals surface area contributed by atoms with Crippen LogP contribution in [0.3, 0.4) is 0 Å². The van der Waals surface area contributed by atoms with Crippen molar-refractivity contribution in [2.75, 3.05) is 0 Å². The summed E-state index contributed by atoms with van der Waals surface area (Å²) >= 11 is 9.32. The van der Waals surface area contributed by atoms with Gasteiger partial charge >= 0.3 is 0 Å². The number of nitrogens with zero attached hydrogens (tertiary/aromatic N) is 6. The number of thiol groups is 1. The molecule has 0 amide bonds. The molecule has 0 aliphatic carbocycles. The third kappa shape index (κ3) is 22.2. The van der Waals surface area contributed by atoms with Gasteiger partial charge in [-0.3, -0.25) is 34.7 Å². The van der Waals surface area contributed by atoms with Crippen molar-refractivity contribution >= 4 is 24.8 Å². The molecule has 8 rings (SSSR count). The van der Waals surface area contributed by atoms with E-state index in [9.17, 15) is 4.79 Å². The van der Waals surface area contributed by atoms with Gasteiger partial charge in [-0.25, -0.2) is 0 Å². The smallest absolute Gasteiger partial charge is 0.187 e. The van der Waals surface area contributed by atoms with Gasteiger partial charge in [-0.2, -0.15) is 0 Å². The zero-order valence-electron chi connectivity index (χ0n) is 46.6. The van der Waals surface area contributed by atoms with Gasteiger partial charge in [0.15, 0.2) is 5.43 Å². The first-order valence-corrected chi connectivity index (χ1v) is 24.6. The third-order valence-electron chi connectivity index (χ3n) is 12.1. The van der Waals surface area contributed by atoms with Crippen LogP contribution in [-0.2, 0) is 0 Å². The van der Waals surface area contributed by atoms with E-state index < -0.39 is 0 Å². The predicted molar refractivity (Wildman–Crippen MR) is 308 cm³/mol. The number of hydrogen-bond donors (Lipinski definition) is 4. The number of aromatic hydroxyl groups is 1. The van der Waals surface area contributed by atoms with E-state index in [1.54, 1.807) is 51.6 Å². The first kappa shape index (κ1) is 63.4. The van der Waals surface area contributed by atoms with Crippen molar-refractivity contribution in [3.8, 4) is 5.75 Å². The fourth-order valence-electron chi connectivity index (χ4n) is 5.91. The molecule has 3 N–H and O–H groups in total. The van der Waals surface area contributed by atoms with Gasteiger partial charge in [-0.05, 0) is 241 Å². The van der Waals surface area contributed by atoms with Gasteiger partial charge in [0.1, 0.15) is 5.75 Å². The quantitative estimate of drug-likeness (QED) is 0.0861. The average molecular weight is 1010 g/mol. The number of H-pyrrole nitrogens is 2. The van der Waals surface area contributed by atoms with Crippen LogP contribution in [-0.4, -0.2) is 45.0 Å². The van der Waals surface area contributed by atoms with Crippen LogP contribution in [0.1, 0.15) is 112 Å². The van der Waals surface area contributed by atoms with Crippen LogP contribution < -0.4 is 5.43 Å². The van der Waals surface area contributed by atoms with Crippen LogP contribution in [0.25, 0.3) is 0 Å². The molecule has 0 saturated carbocycles. The van der Waals surface area contributed by atoms with Crippen LogP contribution in [0, 0.1) is 143 Å². The number of aromatic amines is 2. The molecule has 8 aromatic heterocycles. The molecule has 8 heterocycles. The Balaban J connectivity index is 0.000000411. The Labute approximate surface area is 441 Å². The summed E-state index contributed by atoms with van der Waals surface area (Å²) in [4.78, 5) is 42.1. The lowest BCUT2D eigenvalue weighted by Gasteiger charge is -1.99. The van der Waals surface area contributed by atoms with Crippen molar-refractivity contribution in [2.45, 2.75) is 143 Å². The van der Waals surface area contributed by atoms with E-state index in [4.69, 9.17) is 17.3 Å². The van der Waals surface area contributed by atoms with E-state index in [0.29, 0.717) is 11.4 Å². The summed E-state index contributed by atoms with van der Waals surface area (Å²) in [5, 5.41) is 9.14. The first-order valence-electron chi connectivity index (χ1n) is 23.8. The number of aryl methyl sites for hydroxylation is 16. The van der Waals surface area contributed by atoms with Crippen LogP contribution in [0.5, 0.6) is 5.75 Å². The largest absolute Gasteiger partial charge is 0.506 e. The molecule has 12 heteroatoms. The van der Waals surface area contributed by atoms with E-state index in [-0.39, 0.29) is 5.43 Å². The highest BCUT2D eigenvalue weighted by molar-refractivity contribution is 7.80. The van der Waals surface area contributed by atoms with Crippen LogP contribution >= 0.6 is 24.8 Å². The highest BCUT2D eigenvalue weighted by Crippen LogP contribution is 2.17. The molecule has 0 aromatic carbocycles. The maximum absolute atomic E-state index is 10.9. The summed E-state index contributed by atoms with van der Waals surface area (Å²) in [6.45, 7) is 40.2. The standard InChI is InChI=1S/4C8H11N.2C7H9NO.2C7H9NS/c2*1-6-4-9-5-7(2)8(6)3;2*1-6-4-5-9-8(3)7(6)2;1-5-3-8-4-6(2)7(5)9;1-5-3-4-8-6(2)7(5)9;1-5-3-8-4-6(2)7(5)9;1-5-3-4-8-6(2)7(5)9/h4*4-5H,1-3H3;3-4H,1-2H3,(H,8,9);3-4,9H,1-2H3;3-4H,1-2H3,(H,8,9);3-4,9H,1-2H3.